The minimum absolute atomic E-state index is 0.0764. The van der Waals surface area contributed by atoms with Gasteiger partial charge in [0.25, 0.3) is 5.91 Å². The fraction of sp³-hybridized carbons (Fsp3) is 0.161. The van der Waals surface area contributed by atoms with Crippen LogP contribution in [-0.2, 0) is 27.9 Å². The van der Waals surface area contributed by atoms with Crippen LogP contribution in [0.25, 0.3) is 6.08 Å². The molecule has 0 saturated heterocycles. The van der Waals surface area contributed by atoms with Crippen molar-refractivity contribution in [3.8, 4) is 11.8 Å². The lowest BCUT2D eigenvalue weighted by molar-refractivity contribution is -0.112. The van der Waals surface area contributed by atoms with Gasteiger partial charge in [0.15, 0.2) is 0 Å². The Kier molecular flexibility index (Phi) is 9.63. The molecule has 4 rings (SSSR count). The van der Waals surface area contributed by atoms with E-state index in [1.165, 1.54) is 10.4 Å². The Morgan fingerprint density at radius 3 is 2.32 bits per heavy atom. The van der Waals surface area contributed by atoms with Gasteiger partial charge in [0.05, 0.1) is 18.0 Å². The van der Waals surface area contributed by atoms with Crippen molar-refractivity contribution in [1.29, 1.82) is 5.26 Å². The van der Waals surface area contributed by atoms with Crippen molar-refractivity contribution < 1.29 is 22.4 Å². The Bertz CT molecular complexity index is 1670. The molecule has 0 radical (unpaired) electrons. The van der Waals surface area contributed by atoms with Crippen molar-refractivity contribution in [1.82, 2.24) is 4.31 Å². The summed E-state index contributed by atoms with van der Waals surface area (Å²) < 4.78 is 39.8. The summed E-state index contributed by atoms with van der Waals surface area (Å²) in [5.41, 5.74) is 2.01. The van der Waals surface area contributed by atoms with E-state index in [0.29, 0.717) is 28.8 Å². The average molecular weight is 590 g/mol. The van der Waals surface area contributed by atoms with Crippen molar-refractivity contribution in [3.63, 3.8) is 0 Å². The van der Waals surface area contributed by atoms with Gasteiger partial charge in [-0.2, -0.15) is 9.57 Å². The molecule has 0 atom stereocenters. The van der Waals surface area contributed by atoms with E-state index in [4.69, 9.17) is 20.8 Å². The van der Waals surface area contributed by atoms with Crippen LogP contribution in [0.2, 0.25) is 5.02 Å². The maximum absolute atomic E-state index is 13.6. The number of hydrogen-bond donors (Lipinski definition) is 1. The largest absolute Gasteiger partial charge is 0.494 e. The summed E-state index contributed by atoms with van der Waals surface area (Å²) in [6, 6.07) is 25.4. The Morgan fingerprint density at radius 2 is 1.68 bits per heavy atom. The zero-order valence-electron chi connectivity index (χ0n) is 22.5. The number of nitrogens with one attached hydrogen (secondary N) is 1. The number of amides is 1. The fourth-order valence-corrected chi connectivity index (χ4v) is 5.42. The molecule has 8 nitrogen and oxygen atoms in total. The molecular formula is C31H28ClN3O5S. The standard InChI is InChI=1S/C31H28ClN3O5S/c1-3-39-27-12-10-26(11-13-27)34-31(36)24(19-33)18-28-14-15-29(40-28)21-35(20-23-6-8-25(32)9-7-23)41(37,38)30-16-4-22(2)5-17-30/h4-18H,3,20-21H2,1-2H3,(H,34,36)/b24-18-. The summed E-state index contributed by atoms with van der Waals surface area (Å²) in [5, 5.41) is 12.8. The maximum Gasteiger partial charge on any atom is 0.266 e. The van der Waals surface area contributed by atoms with Crippen LogP contribution in [-0.4, -0.2) is 25.2 Å². The highest BCUT2D eigenvalue weighted by Gasteiger charge is 2.26. The van der Waals surface area contributed by atoms with Gasteiger partial charge in [-0.15, -0.1) is 0 Å². The Morgan fingerprint density at radius 1 is 1.00 bits per heavy atom. The number of anilines is 1. The van der Waals surface area contributed by atoms with E-state index in [1.807, 2.05) is 19.9 Å². The molecule has 0 aliphatic rings. The van der Waals surface area contributed by atoms with Crippen molar-refractivity contribution in [3.05, 3.63) is 118 Å². The predicted molar refractivity (Wildman–Crippen MR) is 158 cm³/mol. The van der Waals surface area contributed by atoms with E-state index in [-0.39, 0.29) is 29.3 Å². The summed E-state index contributed by atoms with van der Waals surface area (Å²) >= 11 is 6.01. The molecule has 0 unspecified atom stereocenters. The highest BCUT2D eigenvalue weighted by atomic mass is 35.5. The van der Waals surface area contributed by atoms with Crippen molar-refractivity contribution >= 4 is 39.3 Å². The number of sulfonamides is 1. The van der Waals surface area contributed by atoms with Gasteiger partial charge in [-0.05, 0) is 80.1 Å². The monoisotopic (exact) mass is 589 g/mol. The zero-order chi connectivity index (χ0) is 29.4. The van der Waals surface area contributed by atoms with Crippen molar-refractivity contribution in [2.75, 3.05) is 11.9 Å². The van der Waals surface area contributed by atoms with Crippen LogP contribution in [0.4, 0.5) is 5.69 Å². The second kappa shape index (κ2) is 13.3. The third-order valence-electron chi connectivity index (χ3n) is 6.02. The first-order chi connectivity index (χ1) is 19.7. The normalized spacial score (nSPS) is 11.7. The third kappa shape index (κ3) is 7.86. The predicted octanol–water partition coefficient (Wildman–Crippen LogP) is 6.58. The number of nitrogens with zero attached hydrogens (tertiary/aromatic N) is 2. The number of nitriles is 1. The molecule has 3 aromatic carbocycles. The number of aryl methyl sites for hydroxylation is 1. The minimum Gasteiger partial charge on any atom is -0.494 e. The molecule has 0 bridgehead atoms. The summed E-state index contributed by atoms with van der Waals surface area (Å²) in [7, 11) is -3.90. The molecule has 1 N–H and O–H groups in total. The summed E-state index contributed by atoms with van der Waals surface area (Å²) in [6.45, 7) is 4.28. The van der Waals surface area contributed by atoms with Gasteiger partial charge in [-0.1, -0.05) is 41.4 Å². The molecule has 4 aromatic rings. The van der Waals surface area contributed by atoms with Crippen LogP contribution in [0.15, 0.2) is 99.8 Å². The molecule has 0 spiro atoms. The second-order valence-electron chi connectivity index (χ2n) is 9.10. The van der Waals surface area contributed by atoms with Gasteiger partial charge in [0.1, 0.15) is 28.9 Å². The number of benzene rings is 3. The van der Waals surface area contributed by atoms with Gasteiger partial charge in [-0.3, -0.25) is 4.79 Å². The number of ether oxygens (including phenoxy) is 1. The molecular weight excluding hydrogens is 562 g/mol. The van der Waals surface area contributed by atoms with Crippen LogP contribution >= 0.6 is 11.6 Å². The molecule has 0 aliphatic carbocycles. The number of carbonyl (C=O) groups excluding carboxylic acids is 1. The Balaban J connectivity index is 1.54. The molecule has 0 saturated carbocycles. The summed E-state index contributed by atoms with van der Waals surface area (Å²) in [4.78, 5) is 12.9. The molecule has 1 aromatic heterocycles. The van der Waals surface area contributed by atoms with E-state index in [0.717, 1.165) is 11.1 Å². The molecule has 41 heavy (non-hydrogen) atoms. The summed E-state index contributed by atoms with van der Waals surface area (Å²) in [6.07, 6.45) is 1.31. The van der Waals surface area contributed by atoms with Gasteiger partial charge in [0.2, 0.25) is 10.0 Å². The first-order valence-electron chi connectivity index (χ1n) is 12.7. The lowest BCUT2D eigenvalue weighted by Gasteiger charge is -2.21. The lowest BCUT2D eigenvalue weighted by Crippen LogP contribution is -2.30. The van der Waals surface area contributed by atoms with E-state index >= 15 is 0 Å². The van der Waals surface area contributed by atoms with Gasteiger partial charge in [0, 0.05) is 23.3 Å². The van der Waals surface area contributed by atoms with Crippen LogP contribution in [0.1, 0.15) is 29.6 Å². The van der Waals surface area contributed by atoms with Crippen molar-refractivity contribution in [2.24, 2.45) is 0 Å². The molecule has 0 aliphatic heterocycles. The first-order valence-corrected chi connectivity index (χ1v) is 14.6. The van der Waals surface area contributed by atoms with Crippen LogP contribution in [0.5, 0.6) is 5.75 Å². The number of rotatable bonds is 11. The van der Waals surface area contributed by atoms with E-state index in [2.05, 4.69) is 5.32 Å². The SMILES string of the molecule is CCOc1ccc(NC(=O)/C(C#N)=C\c2ccc(CN(Cc3ccc(Cl)cc3)S(=O)(=O)c3ccc(C)cc3)o2)cc1. The van der Waals surface area contributed by atoms with Gasteiger partial charge >= 0.3 is 0 Å². The smallest absolute Gasteiger partial charge is 0.266 e. The fourth-order valence-electron chi connectivity index (χ4n) is 3.90. The topological polar surface area (TPSA) is 113 Å². The maximum atomic E-state index is 13.6. The second-order valence-corrected chi connectivity index (χ2v) is 11.5. The summed E-state index contributed by atoms with van der Waals surface area (Å²) in [5.74, 6) is 0.628. The van der Waals surface area contributed by atoms with Gasteiger partial charge < -0.3 is 14.5 Å². The van der Waals surface area contributed by atoms with E-state index in [1.54, 1.807) is 84.9 Å². The third-order valence-corrected chi connectivity index (χ3v) is 8.08. The van der Waals surface area contributed by atoms with E-state index in [9.17, 15) is 18.5 Å². The van der Waals surface area contributed by atoms with E-state index < -0.39 is 15.9 Å². The number of carbonyl (C=O) groups is 1. The first kappa shape index (κ1) is 29.6. The lowest BCUT2D eigenvalue weighted by atomic mass is 10.2. The highest BCUT2D eigenvalue weighted by molar-refractivity contribution is 7.89. The van der Waals surface area contributed by atoms with Crippen molar-refractivity contribution in [2.45, 2.75) is 31.8 Å². The molecule has 10 heteroatoms. The van der Waals surface area contributed by atoms with Gasteiger partial charge in [-0.25, -0.2) is 8.42 Å². The number of furan rings is 1. The number of halogens is 1. The molecule has 210 valence electrons. The average Bonchev–Trinajstić information content (AvgIpc) is 3.40. The van der Waals surface area contributed by atoms with Crippen LogP contribution in [0, 0.1) is 18.3 Å². The molecule has 1 heterocycles. The van der Waals surface area contributed by atoms with Crippen LogP contribution in [0.3, 0.4) is 0 Å². The Labute approximate surface area is 244 Å². The molecule has 1 amide bonds. The number of hydrogen-bond acceptors (Lipinski definition) is 6. The quantitative estimate of drug-likeness (QED) is 0.156. The highest BCUT2D eigenvalue weighted by Crippen LogP contribution is 2.24. The minimum atomic E-state index is -3.90. The van der Waals surface area contributed by atoms with Crippen LogP contribution < -0.4 is 10.1 Å². The zero-order valence-corrected chi connectivity index (χ0v) is 24.1. The molecule has 0 fully saturated rings. The Hall–Kier alpha value is -4.36.